The summed E-state index contributed by atoms with van der Waals surface area (Å²) in [4.78, 5) is 22.1. The molecule has 0 fully saturated rings. The standard InChI is InChI=1S/C12H22O6/c1-5-7-15-12(14)18-10(4)6-8-16-11(13)17-9(2)3/h9-10H,5-8H2,1-4H3. The van der Waals surface area contributed by atoms with Crippen molar-refractivity contribution in [2.45, 2.75) is 52.7 Å². The first-order chi connectivity index (χ1) is 8.45. The van der Waals surface area contributed by atoms with Gasteiger partial charge in [0, 0.05) is 6.42 Å². The summed E-state index contributed by atoms with van der Waals surface area (Å²) in [6, 6.07) is 0. The van der Waals surface area contributed by atoms with E-state index in [9.17, 15) is 9.59 Å². The van der Waals surface area contributed by atoms with Gasteiger partial charge in [-0.1, -0.05) is 6.92 Å². The normalized spacial score (nSPS) is 11.8. The minimum atomic E-state index is -0.717. The van der Waals surface area contributed by atoms with Gasteiger partial charge in [0.2, 0.25) is 0 Å². The second kappa shape index (κ2) is 9.56. The van der Waals surface area contributed by atoms with Gasteiger partial charge >= 0.3 is 12.3 Å². The molecule has 0 aromatic heterocycles. The van der Waals surface area contributed by atoms with Gasteiger partial charge in [0.15, 0.2) is 0 Å². The molecule has 18 heavy (non-hydrogen) atoms. The number of hydrogen-bond donors (Lipinski definition) is 0. The third kappa shape index (κ3) is 9.74. The summed E-state index contributed by atoms with van der Waals surface area (Å²) < 4.78 is 19.2. The summed E-state index contributed by atoms with van der Waals surface area (Å²) in [7, 11) is 0. The number of rotatable bonds is 7. The SMILES string of the molecule is CCCOC(=O)OC(C)CCOC(=O)OC(C)C. The predicted octanol–water partition coefficient (Wildman–Crippen LogP) is 2.89. The Kier molecular flexibility index (Phi) is 8.78. The van der Waals surface area contributed by atoms with E-state index >= 15 is 0 Å². The molecule has 0 N–H and O–H groups in total. The van der Waals surface area contributed by atoms with E-state index in [1.165, 1.54) is 0 Å². The van der Waals surface area contributed by atoms with Crippen molar-refractivity contribution in [3.63, 3.8) is 0 Å². The smallest absolute Gasteiger partial charge is 0.434 e. The van der Waals surface area contributed by atoms with Crippen LogP contribution >= 0.6 is 0 Å². The third-order valence-corrected chi connectivity index (χ3v) is 1.80. The maximum Gasteiger partial charge on any atom is 0.508 e. The van der Waals surface area contributed by atoms with Crippen LogP contribution in [-0.4, -0.2) is 37.7 Å². The fourth-order valence-electron chi connectivity index (χ4n) is 0.977. The summed E-state index contributed by atoms with van der Waals surface area (Å²) >= 11 is 0. The molecule has 1 unspecified atom stereocenters. The van der Waals surface area contributed by atoms with Gasteiger partial charge in [-0.3, -0.25) is 0 Å². The topological polar surface area (TPSA) is 71.1 Å². The van der Waals surface area contributed by atoms with Crippen LogP contribution in [0.5, 0.6) is 0 Å². The Morgan fingerprint density at radius 3 is 2.06 bits per heavy atom. The number of carbonyl (C=O) groups is 2. The van der Waals surface area contributed by atoms with E-state index in [0.29, 0.717) is 13.0 Å². The molecule has 0 heterocycles. The molecule has 0 spiro atoms. The molecule has 6 heteroatoms. The van der Waals surface area contributed by atoms with Crippen molar-refractivity contribution in [2.24, 2.45) is 0 Å². The molecule has 0 saturated heterocycles. The lowest BCUT2D eigenvalue weighted by molar-refractivity contribution is 0.00777. The van der Waals surface area contributed by atoms with Crippen LogP contribution in [0.3, 0.4) is 0 Å². The van der Waals surface area contributed by atoms with Crippen molar-refractivity contribution in [1.29, 1.82) is 0 Å². The molecule has 1 atom stereocenters. The van der Waals surface area contributed by atoms with Gasteiger partial charge in [-0.15, -0.1) is 0 Å². The average Bonchev–Trinajstić information content (AvgIpc) is 2.25. The van der Waals surface area contributed by atoms with Gasteiger partial charge in [0.1, 0.15) is 6.10 Å². The summed E-state index contributed by atoms with van der Waals surface area (Å²) in [6.45, 7) is 7.53. The Balaban J connectivity index is 3.61. The van der Waals surface area contributed by atoms with E-state index < -0.39 is 12.3 Å². The zero-order chi connectivity index (χ0) is 14.0. The van der Waals surface area contributed by atoms with Gasteiger partial charge < -0.3 is 18.9 Å². The average molecular weight is 262 g/mol. The molecule has 0 aromatic carbocycles. The fourth-order valence-corrected chi connectivity index (χ4v) is 0.977. The Morgan fingerprint density at radius 1 is 0.944 bits per heavy atom. The van der Waals surface area contributed by atoms with Gasteiger partial charge in [-0.05, 0) is 27.2 Å². The zero-order valence-electron chi connectivity index (χ0n) is 11.4. The molecular weight excluding hydrogens is 240 g/mol. The summed E-state index contributed by atoms with van der Waals surface area (Å²) in [6.07, 6.45) is -0.863. The van der Waals surface area contributed by atoms with Crippen LogP contribution in [-0.2, 0) is 18.9 Å². The van der Waals surface area contributed by atoms with Crippen molar-refractivity contribution >= 4 is 12.3 Å². The molecule has 0 rings (SSSR count). The molecule has 0 saturated carbocycles. The van der Waals surface area contributed by atoms with Crippen molar-refractivity contribution in [1.82, 2.24) is 0 Å². The predicted molar refractivity (Wildman–Crippen MR) is 64.4 cm³/mol. The molecule has 106 valence electrons. The van der Waals surface area contributed by atoms with Gasteiger partial charge in [0.25, 0.3) is 0 Å². The summed E-state index contributed by atoms with van der Waals surface area (Å²) in [5, 5.41) is 0. The van der Waals surface area contributed by atoms with Crippen molar-refractivity contribution < 1.29 is 28.5 Å². The van der Waals surface area contributed by atoms with Gasteiger partial charge in [-0.2, -0.15) is 0 Å². The largest absolute Gasteiger partial charge is 0.508 e. The minimum absolute atomic E-state index is 0.133. The minimum Gasteiger partial charge on any atom is -0.434 e. The lowest BCUT2D eigenvalue weighted by Crippen LogP contribution is -2.20. The van der Waals surface area contributed by atoms with Gasteiger partial charge in [0.05, 0.1) is 19.3 Å². The van der Waals surface area contributed by atoms with Crippen LogP contribution < -0.4 is 0 Å². The quantitative estimate of drug-likeness (QED) is 0.657. The van der Waals surface area contributed by atoms with E-state index in [1.54, 1.807) is 20.8 Å². The Hall–Kier alpha value is -1.46. The molecule has 0 aliphatic carbocycles. The third-order valence-electron chi connectivity index (χ3n) is 1.80. The van der Waals surface area contributed by atoms with Crippen LogP contribution in [0.15, 0.2) is 0 Å². The highest BCUT2D eigenvalue weighted by atomic mass is 16.7. The first kappa shape index (κ1) is 16.5. The van der Waals surface area contributed by atoms with Gasteiger partial charge in [-0.25, -0.2) is 9.59 Å². The Bertz CT molecular complexity index is 251. The highest BCUT2D eigenvalue weighted by molar-refractivity contribution is 5.60. The van der Waals surface area contributed by atoms with E-state index in [4.69, 9.17) is 18.9 Å². The Labute approximate surface area is 108 Å². The molecule has 0 aliphatic rings. The van der Waals surface area contributed by atoms with Crippen molar-refractivity contribution in [3.8, 4) is 0 Å². The lowest BCUT2D eigenvalue weighted by atomic mass is 10.3. The second-order valence-electron chi connectivity index (χ2n) is 4.08. The first-order valence-corrected chi connectivity index (χ1v) is 6.12. The van der Waals surface area contributed by atoms with Crippen LogP contribution in [0, 0.1) is 0 Å². The molecule has 0 aromatic rings. The lowest BCUT2D eigenvalue weighted by Gasteiger charge is -2.13. The second-order valence-corrected chi connectivity index (χ2v) is 4.08. The van der Waals surface area contributed by atoms with E-state index in [-0.39, 0.29) is 18.8 Å². The van der Waals surface area contributed by atoms with Crippen LogP contribution in [0.1, 0.15) is 40.5 Å². The molecular formula is C12H22O6. The zero-order valence-corrected chi connectivity index (χ0v) is 11.4. The summed E-state index contributed by atoms with van der Waals surface area (Å²) in [5.41, 5.74) is 0. The van der Waals surface area contributed by atoms with E-state index in [1.807, 2.05) is 6.92 Å². The monoisotopic (exact) mass is 262 g/mol. The van der Waals surface area contributed by atoms with Crippen molar-refractivity contribution in [3.05, 3.63) is 0 Å². The van der Waals surface area contributed by atoms with E-state index in [0.717, 1.165) is 6.42 Å². The Morgan fingerprint density at radius 2 is 1.50 bits per heavy atom. The van der Waals surface area contributed by atoms with Crippen molar-refractivity contribution in [2.75, 3.05) is 13.2 Å². The van der Waals surface area contributed by atoms with Crippen LogP contribution in [0.25, 0.3) is 0 Å². The van der Waals surface area contributed by atoms with E-state index in [2.05, 4.69) is 0 Å². The molecule has 0 aliphatic heterocycles. The first-order valence-electron chi connectivity index (χ1n) is 6.12. The fraction of sp³-hybridized carbons (Fsp3) is 0.833. The number of carbonyl (C=O) groups excluding carboxylic acids is 2. The molecule has 6 nitrogen and oxygen atoms in total. The molecule has 0 bridgehead atoms. The maximum atomic E-state index is 11.1. The highest BCUT2D eigenvalue weighted by Crippen LogP contribution is 2.02. The van der Waals surface area contributed by atoms with Crippen LogP contribution in [0.4, 0.5) is 9.59 Å². The number of ether oxygens (including phenoxy) is 4. The van der Waals surface area contributed by atoms with Crippen LogP contribution in [0.2, 0.25) is 0 Å². The summed E-state index contributed by atoms with van der Waals surface area (Å²) in [5.74, 6) is 0. The number of hydrogen-bond acceptors (Lipinski definition) is 6. The molecule has 0 amide bonds. The highest BCUT2D eigenvalue weighted by Gasteiger charge is 2.12. The molecule has 0 radical (unpaired) electrons. The maximum absolute atomic E-state index is 11.1.